The van der Waals surface area contributed by atoms with E-state index in [4.69, 9.17) is 4.74 Å². The van der Waals surface area contributed by atoms with E-state index in [2.05, 4.69) is 50.3 Å². The number of nitrogens with one attached hydrogen (secondary N) is 1. The van der Waals surface area contributed by atoms with Crippen LogP contribution >= 0.6 is 0 Å². The first-order valence-corrected chi connectivity index (χ1v) is 18.4. The van der Waals surface area contributed by atoms with Gasteiger partial charge in [-0.05, 0) is 41.3 Å². The third-order valence-electron chi connectivity index (χ3n) is 7.81. The minimum absolute atomic E-state index is 0.0195. The van der Waals surface area contributed by atoms with E-state index in [0.29, 0.717) is 25.3 Å². The van der Waals surface area contributed by atoms with Crippen molar-refractivity contribution in [2.24, 2.45) is 11.3 Å². The Bertz CT molecular complexity index is 1350. The Kier molecular flexibility index (Phi) is 9.93. The molecular formula is C33H44F3N3O2Si. The van der Waals surface area contributed by atoms with Crippen LogP contribution in [0.1, 0.15) is 38.1 Å². The van der Waals surface area contributed by atoms with Crippen LogP contribution < -0.4 is 5.32 Å². The predicted octanol–water partition coefficient (Wildman–Crippen LogP) is 7.90. The molecule has 4 rings (SSSR count). The minimum atomic E-state index is -1.34. The van der Waals surface area contributed by atoms with Gasteiger partial charge in [0.2, 0.25) is 0 Å². The maximum absolute atomic E-state index is 15.2. The molecule has 2 aromatic carbocycles. The van der Waals surface area contributed by atoms with Crippen LogP contribution in [0.3, 0.4) is 0 Å². The van der Waals surface area contributed by atoms with Gasteiger partial charge in [-0.3, -0.25) is 0 Å². The van der Waals surface area contributed by atoms with E-state index in [1.165, 1.54) is 11.0 Å². The first kappa shape index (κ1) is 31.9. The van der Waals surface area contributed by atoms with Crippen molar-refractivity contribution in [2.45, 2.75) is 65.2 Å². The molecular weight excluding hydrogens is 555 g/mol. The Hall–Kier alpha value is -3.04. The van der Waals surface area contributed by atoms with Gasteiger partial charge in [0, 0.05) is 56.6 Å². The molecule has 9 heteroatoms. The Labute approximate surface area is 249 Å². The summed E-state index contributed by atoms with van der Waals surface area (Å²) in [6.07, 6.45) is 0.228. The standard InChI is InChI=1S/C33H44F3N3O2Si/c1-33(2,3)31(37-18-25-21-39(22-29(25)36)32(40)41-14-15-42(4,5)6)30-16-24(27-17-26(34)12-13-28(27)35)20-38(30)19-23-10-8-7-9-11-23/h7-13,16-17,20,25,29,31,37H,14-15,18-19,21-22H2,1-6H3/t25-,29+,31+/m1/s1. The highest BCUT2D eigenvalue weighted by Gasteiger charge is 2.38. The van der Waals surface area contributed by atoms with E-state index in [1.54, 1.807) is 0 Å². The van der Waals surface area contributed by atoms with E-state index >= 15 is 4.39 Å². The lowest BCUT2D eigenvalue weighted by molar-refractivity contribution is 0.112. The number of carbonyl (C=O) groups is 1. The molecule has 0 radical (unpaired) electrons. The van der Waals surface area contributed by atoms with Crippen molar-refractivity contribution in [2.75, 3.05) is 26.2 Å². The Morgan fingerprint density at radius 3 is 2.45 bits per heavy atom. The number of aromatic nitrogens is 1. The average molecular weight is 600 g/mol. The molecule has 0 spiro atoms. The number of halogens is 3. The molecule has 0 unspecified atom stereocenters. The lowest BCUT2D eigenvalue weighted by atomic mass is 9.84. The summed E-state index contributed by atoms with van der Waals surface area (Å²) in [5, 5.41) is 3.59. The van der Waals surface area contributed by atoms with E-state index in [0.717, 1.165) is 29.4 Å². The second kappa shape index (κ2) is 13.1. The SMILES string of the molecule is CC(C)(C)[C@@H](NC[C@@H]1CN(C(=O)OCC[Si](C)(C)C)C[C@@H]1F)c1cc(-c2cc(F)ccc2F)cn1Cc1ccccc1. The zero-order valence-corrected chi connectivity index (χ0v) is 26.6. The normalized spacial score (nSPS) is 18.4. The largest absolute Gasteiger partial charge is 0.450 e. The number of rotatable bonds is 10. The van der Waals surface area contributed by atoms with Crippen LogP contribution in [0.15, 0.2) is 60.8 Å². The summed E-state index contributed by atoms with van der Waals surface area (Å²) in [5.74, 6) is -1.40. The third-order valence-corrected chi connectivity index (χ3v) is 9.51. The maximum atomic E-state index is 15.2. The van der Waals surface area contributed by atoms with Crippen LogP contribution in [0.4, 0.5) is 18.0 Å². The molecule has 1 aliphatic rings. The van der Waals surface area contributed by atoms with Gasteiger partial charge in [0.15, 0.2) is 0 Å². The molecule has 0 bridgehead atoms. The second-order valence-electron chi connectivity index (χ2n) is 13.7. The summed E-state index contributed by atoms with van der Waals surface area (Å²) in [6.45, 7) is 14.5. The molecule has 1 fully saturated rings. The Morgan fingerprint density at radius 1 is 1.07 bits per heavy atom. The van der Waals surface area contributed by atoms with Gasteiger partial charge < -0.3 is 19.5 Å². The van der Waals surface area contributed by atoms with Gasteiger partial charge in [-0.15, -0.1) is 0 Å². The van der Waals surface area contributed by atoms with Crippen molar-refractivity contribution in [1.82, 2.24) is 14.8 Å². The van der Waals surface area contributed by atoms with Gasteiger partial charge in [-0.1, -0.05) is 70.7 Å². The molecule has 5 nitrogen and oxygen atoms in total. The predicted molar refractivity (Wildman–Crippen MR) is 165 cm³/mol. The number of likely N-dealkylation sites (tertiary alicyclic amines) is 1. The van der Waals surface area contributed by atoms with Crippen LogP contribution in [0.5, 0.6) is 0 Å². The van der Waals surface area contributed by atoms with Gasteiger partial charge >= 0.3 is 6.09 Å². The molecule has 228 valence electrons. The number of carbonyl (C=O) groups excluding carboxylic acids is 1. The fourth-order valence-electron chi connectivity index (χ4n) is 5.39. The van der Waals surface area contributed by atoms with Gasteiger partial charge in [-0.2, -0.15) is 0 Å². The van der Waals surface area contributed by atoms with Crippen LogP contribution in [0.2, 0.25) is 25.7 Å². The third kappa shape index (κ3) is 8.28. The van der Waals surface area contributed by atoms with E-state index < -0.39 is 37.9 Å². The molecule has 42 heavy (non-hydrogen) atoms. The van der Waals surface area contributed by atoms with Crippen molar-refractivity contribution in [3.8, 4) is 11.1 Å². The zero-order chi connectivity index (χ0) is 30.7. The molecule has 0 saturated carbocycles. The van der Waals surface area contributed by atoms with Crippen LogP contribution in [0.25, 0.3) is 11.1 Å². The van der Waals surface area contributed by atoms with Crippen LogP contribution in [-0.2, 0) is 11.3 Å². The van der Waals surface area contributed by atoms with Crippen molar-refractivity contribution < 1.29 is 22.7 Å². The van der Waals surface area contributed by atoms with Crippen LogP contribution in [0, 0.1) is 23.0 Å². The lowest BCUT2D eigenvalue weighted by Crippen LogP contribution is -2.39. The summed E-state index contributed by atoms with van der Waals surface area (Å²) in [6, 6.07) is 15.9. The van der Waals surface area contributed by atoms with Crippen molar-refractivity contribution in [3.05, 3.63) is 83.7 Å². The molecule has 3 atom stereocenters. The monoisotopic (exact) mass is 599 g/mol. The first-order valence-electron chi connectivity index (χ1n) is 14.7. The Morgan fingerprint density at radius 2 is 1.79 bits per heavy atom. The van der Waals surface area contributed by atoms with Crippen molar-refractivity contribution >= 4 is 14.2 Å². The lowest BCUT2D eigenvalue weighted by Gasteiger charge is -2.34. The highest BCUT2D eigenvalue weighted by Crippen LogP contribution is 2.37. The smallest absolute Gasteiger partial charge is 0.409 e. The summed E-state index contributed by atoms with van der Waals surface area (Å²) in [5.41, 5.74) is 2.42. The zero-order valence-electron chi connectivity index (χ0n) is 25.6. The highest BCUT2D eigenvalue weighted by atomic mass is 28.3. The number of ether oxygens (including phenoxy) is 1. The van der Waals surface area contributed by atoms with Gasteiger partial charge in [0.25, 0.3) is 0 Å². The average Bonchev–Trinajstić information content (AvgIpc) is 3.48. The van der Waals surface area contributed by atoms with Crippen molar-refractivity contribution in [3.63, 3.8) is 0 Å². The molecule has 1 aliphatic heterocycles. The van der Waals surface area contributed by atoms with Crippen molar-refractivity contribution in [1.29, 1.82) is 0 Å². The maximum Gasteiger partial charge on any atom is 0.409 e. The fourth-order valence-corrected chi connectivity index (χ4v) is 6.10. The van der Waals surface area contributed by atoms with Gasteiger partial charge in [0.1, 0.15) is 17.8 Å². The summed E-state index contributed by atoms with van der Waals surface area (Å²) < 4.78 is 51.6. The molecule has 1 amide bonds. The number of hydrogen-bond acceptors (Lipinski definition) is 3. The van der Waals surface area contributed by atoms with E-state index in [9.17, 15) is 13.6 Å². The number of nitrogens with zero attached hydrogens (tertiary/aromatic N) is 2. The number of benzene rings is 2. The van der Waals surface area contributed by atoms with E-state index in [-0.39, 0.29) is 30.1 Å². The molecule has 0 aliphatic carbocycles. The number of amides is 1. The van der Waals surface area contributed by atoms with Gasteiger partial charge in [0.05, 0.1) is 19.2 Å². The highest BCUT2D eigenvalue weighted by molar-refractivity contribution is 6.76. The first-order chi connectivity index (χ1) is 19.7. The topological polar surface area (TPSA) is 46.5 Å². The summed E-state index contributed by atoms with van der Waals surface area (Å²) >= 11 is 0. The number of alkyl halides is 1. The summed E-state index contributed by atoms with van der Waals surface area (Å²) in [4.78, 5) is 14.1. The fraction of sp³-hybridized carbons (Fsp3) is 0.485. The van der Waals surface area contributed by atoms with Crippen LogP contribution in [-0.4, -0.2) is 56.0 Å². The van der Waals surface area contributed by atoms with E-state index in [1.807, 2.05) is 42.6 Å². The molecule has 1 saturated heterocycles. The molecule has 1 aromatic heterocycles. The minimum Gasteiger partial charge on any atom is -0.450 e. The molecule has 1 N–H and O–H groups in total. The number of hydrogen-bond donors (Lipinski definition) is 1. The Balaban J connectivity index is 1.55. The summed E-state index contributed by atoms with van der Waals surface area (Å²) in [7, 11) is -1.34. The van der Waals surface area contributed by atoms with Gasteiger partial charge in [-0.25, -0.2) is 18.0 Å². The second-order valence-corrected chi connectivity index (χ2v) is 19.3. The molecule has 3 aromatic rings. The molecule has 2 heterocycles. The quantitative estimate of drug-likeness (QED) is 0.241.